The molecule has 3 nitrogen and oxygen atoms in total. The summed E-state index contributed by atoms with van der Waals surface area (Å²) in [5.41, 5.74) is 2.03. The third kappa shape index (κ3) is 17.4. The van der Waals surface area contributed by atoms with Crippen LogP contribution in [0.5, 0.6) is 0 Å². The molecule has 2 unspecified atom stereocenters. The highest BCUT2D eigenvalue weighted by atomic mass is 15.2. The fraction of sp³-hybridized carbons (Fsp3) is 1.00. The van der Waals surface area contributed by atoms with Gasteiger partial charge in [0.25, 0.3) is 0 Å². The van der Waals surface area contributed by atoms with Crippen LogP contribution in [0.3, 0.4) is 0 Å². The van der Waals surface area contributed by atoms with Crippen LogP contribution in [-0.4, -0.2) is 70.6 Å². The van der Waals surface area contributed by atoms with E-state index in [0.29, 0.717) is 16.6 Å². The molecule has 2 atom stereocenters. The SMILES string of the molecule is CC.CC.CC.CC.CC.CC(C)(C)N1CC2CCC2C1.CC(C)(C)N1CCC2(CCC2)CC1.CC(C)(C)N1CCCC1. The number of fused-ring (bicyclic) bond motifs is 1. The summed E-state index contributed by atoms with van der Waals surface area (Å²) in [5, 5.41) is 0. The summed E-state index contributed by atoms with van der Waals surface area (Å²) in [6.45, 7) is 48.9. The lowest BCUT2D eigenvalue weighted by atomic mass is 9.63. The summed E-state index contributed by atoms with van der Waals surface area (Å²) < 4.78 is 0. The van der Waals surface area contributed by atoms with Crippen molar-refractivity contribution in [3.8, 4) is 0 Å². The second kappa shape index (κ2) is 24.1. The molecule has 3 heteroatoms. The number of hydrogen-bond acceptors (Lipinski definition) is 3. The molecule has 3 aliphatic heterocycles. The zero-order chi connectivity index (χ0) is 34.5. The molecule has 5 fully saturated rings. The van der Waals surface area contributed by atoms with Gasteiger partial charge in [-0.15, -0.1) is 0 Å². The van der Waals surface area contributed by atoms with Gasteiger partial charge in [0.2, 0.25) is 0 Å². The Hall–Kier alpha value is -0.120. The second-order valence-corrected chi connectivity index (χ2v) is 15.0. The minimum Gasteiger partial charge on any atom is -0.298 e. The fourth-order valence-corrected chi connectivity index (χ4v) is 6.52. The summed E-state index contributed by atoms with van der Waals surface area (Å²) in [6, 6.07) is 0. The van der Waals surface area contributed by atoms with Crippen LogP contribution in [0.15, 0.2) is 0 Å². The van der Waals surface area contributed by atoms with E-state index in [1.165, 1.54) is 97.1 Å². The van der Waals surface area contributed by atoms with Crippen LogP contribution in [0.2, 0.25) is 0 Å². The first-order chi connectivity index (χ1) is 20.2. The van der Waals surface area contributed by atoms with Crippen molar-refractivity contribution >= 4 is 0 Å². The topological polar surface area (TPSA) is 9.72 Å². The van der Waals surface area contributed by atoms with Gasteiger partial charge in [-0.25, -0.2) is 0 Å². The van der Waals surface area contributed by atoms with Crippen LogP contribution < -0.4 is 0 Å². The Morgan fingerprint density at radius 1 is 0.395 bits per heavy atom. The molecule has 0 bridgehead atoms. The van der Waals surface area contributed by atoms with Gasteiger partial charge in [0.15, 0.2) is 0 Å². The van der Waals surface area contributed by atoms with E-state index in [1.54, 1.807) is 0 Å². The van der Waals surface area contributed by atoms with E-state index in [9.17, 15) is 0 Å². The average molecular weight is 612 g/mol. The first-order valence-electron chi connectivity index (χ1n) is 19.4. The highest BCUT2D eigenvalue weighted by Gasteiger charge is 2.42. The van der Waals surface area contributed by atoms with E-state index >= 15 is 0 Å². The first kappa shape index (κ1) is 47.3. The Bertz CT molecular complexity index is 575. The average Bonchev–Trinajstić information content (AvgIpc) is 3.62. The van der Waals surface area contributed by atoms with Crippen molar-refractivity contribution < 1.29 is 0 Å². The minimum absolute atomic E-state index is 0.394. The van der Waals surface area contributed by atoms with Crippen LogP contribution >= 0.6 is 0 Å². The lowest BCUT2D eigenvalue weighted by molar-refractivity contribution is -0.00197. The highest BCUT2D eigenvalue weighted by molar-refractivity contribution is 4.96. The van der Waals surface area contributed by atoms with Crippen molar-refractivity contribution in [3.63, 3.8) is 0 Å². The van der Waals surface area contributed by atoms with Gasteiger partial charge in [0.05, 0.1) is 0 Å². The lowest BCUT2D eigenvalue weighted by Gasteiger charge is -2.51. The largest absolute Gasteiger partial charge is 0.298 e. The third-order valence-corrected chi connectivity index (χ3v) is 9.68. The van der Waals surface area contributed by atoms with Crippen LogP contribution in [0, 0.1) is 17.3 Å². The summed E-state index contributed by atoms with van der Waals surface area (Å²) >= 11 is 0. The van der Waals surface area contributed by atoms with Crippen LogP contribution in [0.25, 0.3) is 0 Å². The summed E-state index contributed by atoms with van der Waals surface area (Å²) in [6.07, 6.45) is 13.3. The fourth-order valence-electron chi connectivity index (χ4n) is 6.52. The predicted octanol–water partition coefficient (Wildman–Crippen LogP) is 12.2. The Morgan fingerprint density at radius 2 is 0.698 bits per heavy atom. The number of piperidine rings is 1. The van der Waals surface area contributed by atoms with Gasteiger partial charge in [0, 0.05) is 29.7 Å². The van der Waals surface area contributed by atoms with E-state index in [0.717, 1.165) is 17.3 Å². The molecule has 0 aromatic rings. The van der Waals surface area contributed by atoms with Gasteiger partial charge in [-0.05, 0) is 157 Å². The standard InChI is InChI=1S/C12H23N.C10H19N.C8H17N.5C2H6/c1-11(2,3)13-9-7-12(8-10-13)5-4-6-12;1-10(2,3)11-6-8-4-5-9(8)7-11;1-8(2,3)9-6-4-5-7-9;5*1-2/h4-10H2,1-3H3;8-9H,4-7H2,1-3H3;4-7H2,1-3H3;5*1-2H3. The van der Waals surface area contributed by atoms with Gasteiger partial charge >= 0.3 is 0 Å². The molecule has 2 saturated carbocycles. The number of hydrogen-bond donors (Lipinski definition) is 0. The van der Waals surface area contributed by atoms with Crippen LogP contribution in [0.4, 0.5) is 0 Å². The van der Waals surface area contributed by atoms with Gasteiger partial charge in [-0.3, -0.25) is 14.7 Å². The van der Waals surface area contributed by atoms with E-state index in [4.69, 9.17) is 0 Å². The van der Waals surface area contributed by atoms with Crippen molar-refractivity contribution in [2.24, 2.45) is 17.3 Å². The zero-order valence-corrected chi connectivity index (χ0v) is 34.1. The van der Waals surface area contributed by atoms with Gasteiger partial charge in [-0.2, -0.15) is 0 Å². The molecule has 43 heavy (non-hydrogen) atoms. The van der Waals surface area contributed by atoms with Crippen molar-refractivity contribution in [3.05, 3.63) is 0 Å². The first-order valence-corrected chi connectivity index (χ1v) is 19.4. The Balaban J connectivity index is -0.000000491. The molecule has 1 spiro atoms. The summed E-state index contributed by atoms with van der Waals surface area (Å²) in [5.74, 6) is 2.13. The van der Waals surface area contributed by atoms with Crippen molar-refractivity contribution in [2.45, 2.75) is 206 Å². The molecule has 5 rings (SSSR count). The Labute approximate surface area is 276 Å². The molecule has 3 heterocycles. The normalized spacial score (nSPS) is 24.1. The minimum atomic E-state index is 0.394. The number of rotatable bonds is 0. The number of likely N-dealkylation sites (tertiary alicyclic amines) is 3. The maximum absolute atomic E-state index is 2.65. The van der Waals surface area contributed by atoms with E-state index in [-0.39, 0.29) is 0 Å². The Morgan fingerprint density at radius 3 is 0.907 bits per heavy atom. The van der Waals surface area contributed by atoms with Crippen molar-refractivity contribution in [2.75, 3.05) is 39.3 Å². The van der Waals surface area contributed by atoms with Crippen LogP contribution in [0.1, 0.15) is 189 Å². The molecule has 264 valence electrons. The Kier molecular flexibility index (Phi) is 26.5. The molecule has 0 N–H and O–H groups in total. The van der Waals surface area contributed by atoms with Crippen molar-refractivity contribution in [1.82, 2.24) is 14.7 Å². The van der Waals surface area contributed by atoms with E-state index < -0.39 is 0 Å². The molecule has 0 aromatic heterocycles. The molecule has 2 aliphatic carbocycles. The highest BCUT2D eigenvalue weighted by Crippen LogP contribution is 2.49. The predicted molar refractivity (Wildman–Crippen MR) is 202 cm³/mol. The molecule has 3 saturated heterocycles. The van der Waals surface area contributed by atoms with Crippen molar-refractivity contribution in [1.29, 1.82) is 0 Å². The van der Waals surface area contributed by atoms with Gasteiger partial charge in [-0.1, -0.05) is 75.7 Å². The molecule has 0 amide bonds. The molecular formula is C40H89N3. The lowest BCUT2D eigenvalue weighted by Crippen LogP contribution is -2.50. The quantitative estimate of drug-likeness (QED) is 0.270. The zero-order valence-electron chi connectivity index (χ0n) is 34.1. The van der Waals surface area contributed by atoms with E-state index in [2.05, 4.69) is 77.0 Å². The summed E-state index contributed by atoms with van der Waals surface area (Å²) in [4.78, 5) is 7.85. The molecule has 5 aliphatic rings. The molecular weight excluding hydrogens is 522 g/mol. The van der Waals surface area contributed by atoms with E-state index in [1.807, 2.05) is 69.2 Å². The van der Waals surface area contributed by atoms with Gasteiger partial charge < -0.3 is 0 Å². The monoisotopic (exact) mass is 612 g/mol. The molecule has 0 aromatic carbocycles. The van der Waals surface area contributed by atoms with Crippen LogP contribution in [-0.2, 0) is 0 Å². The van der Waals surface area contributed by atoms with Gasteiger partial charge in [0.1, 0.15) is 0 Å². The third-order valence-electron chi connectivity index (χ3n) is 9.68. The maximum Gasteiger partial charge on any atom is 0.0125 e. The maximum atomic E-state index is 2.65. The smallest absolute Gasteiger partial charge is 0.0125 e. The molecule has 0 radical (unpaired) electrons. The second-order valence-electron chi connectivity index (χ2n) is 15.0. The summed E-state index contributed by atoms with van der Waals surface area (Å²) in [7, 11) is 0. The number of nitrogens with zero attached hydrogens (tertiary/aromatic N) is 3.